The van der Waals surface area contributed by atoms with E-state index in [1.165, 1.54) is 18.9 Å². The quantitative estimate of drug-likeness (QED) is 0.438. The summed E-state index contributed by atoms with van der Waals surface area (Å²) in [4.78, 5) is 11.4. The first-order chi connectivity index (χ1) is 13.2. The van der Waals surface area contributed by atoms with Crippen LogP contribution in [0.4, 0.5) is 4.39 Å². The van der Waals surface area contributed by atoms with Gasteiger partial charge < -0.3 is 11.5 Å². The van der Waals surface area contributed by atoms with Crippen molar-refractivity contribution in [3.63, 3.8) is 0 Å². The Bertz CT molecular complexity index is 792. The summed E-state index contributed by atoms with van der Waals surface area (Å²) in [6.45, 7) is 9.72. The first kappa shape index (κ1) is 22.1. The number of carbonyl (C=O) groups is 1. The van der Waals surface area contributed by atoms with Crippen LogP contribution in [-0.4, -0.2) is 5.91 Å². The fourth-order valence-electron chi connectivity index (χ4n) is 3.27. The number of hydrogen-bond donors (Lipinski definition) is 2. The SMILES string of the molecule is C=C(/C=C\C(=C/C(C)CC)C(N)(CCC1CC1)c1ccc(F)c(C)c1)C(N)=O. The number of carbonyl (C=O) groups excluding carboxylic acids is 1. The number of amides is 1. The first-order valence-electron chi connectivity index (χ1n) is 10.1. The summed E-state index contributed by atoms with van der Waals surface area (Å²) in [6, 6.07) is 5.09. The minimum atomic E-state index is -0.765. The molecule has 2 unspecified atom stereocenters. The van der Waals surface area contributed by atoms with E-state index in [0.29, 0.717) is 11.5 Å². The number of hydrogen-bond acceptors (Lipinski definition) is 2. The van der Waals surface area contributed by atoms with Crippen molar-refractivity contribution in [1.29, 1.82) is 0 Å². The van der Waals surface area contributed by atoms with Crippen LogP contribution in [0, 0.1) is 24.6 Å². The van der Waals surface area contributed by atoms with Crippen molar-refractivity contribution in [1.82, 2.24) is 0 Å². The third-order valence-corrected chi connectivity index (χ3v) is 5.72. The molecular weight excluding hydrogens is 351 g/mol. The van der Waals surface area contributed by atoms with E-state index in [2.05, 4.69) is 26.5 Å². The Morgan fingerprint density at radius 3 is 2.61 bits per heavy atom. The standard InChI is InChI=1S/C24H33FN2O/c1-5-16(2)14-20(9-6-17(3)23(26)28)24(27,13-12-19-7-8-19)21-10-11-22(25)18(4)15-21/h6,9-11,14-16,19H,3,5,7-8,12-13,27H2,1-2,4H3,(H2,26,28)/b9-6-,20-14+. The molecule has 1 fully saturated rings. The lowest BCUT2D eigenvalue weighted by atomic mass is 9.77. The highest BCUT2D eigenvalue weighted by atomic mass is 19.1. The molecule has 2 rings (SSSR count). The Balaban J connectivity index is 2.52. The van der Waals surface area contributed by atoms with Gasteiger partial charge in [0.2, 0.25) is 5.91 Å². The average Bonchev–Trinajstić information content (AvgIpc) is 3.49. The largest absolute Gasteiger partial charge is 0.366 e. The highest BCUT2D eigenvalue weighted by Gasteiger charge is 2.34. The Morgan fingerprint density at radius 1 is 1.39 bits per heavy atom. The Labute approximate surface area is 168 Å². The number of rotatable bonds is 10. The van der Waals surface area contributed by atoms with E-state index in [0.717, 1.165) is 36.3 Å². The normalized spacial score (nSPS) is 18.1. The monoisotopic (exact) mass is 384 g/mol. The lowest BCUT2D eigenvalue weighted by Gasteiger charge is -2.33. The van der Waals surface area contributed by atoms with E-state index in [-0.39, 0.29) is 11.4 Å². The number of aryl methyl sites for hydroxylation is 1. The molecule has 0 aliphatic heterocycles. The summed E-state index contributed by atoms with van der Waals surface area (Å²) in [5, 5.41) is 0. The van der Waals surface area contributed by atoms with E-state index in [4.69, 9.17) is 11.5 Å². The van der Waals surface area contributed by atoms with Crippen LogP contribution in [-0.2, 0) is 10.3 Å². The van der Waals surface area contributed by atoms with Gasteiger partial charge in [-0.15, -0.1) is 0 Å². The molecule has 4 heteroatoms. The van der Waals surface area contributed by atoms with Gasteiger partial charge in [-0.3, -0.25) is 4.79 Å². The summed E-state index contributed by atoms with van der Waals surface area (Å²) in [5.74, 6) is 0.238. The zero-order valence-electron chi connectivity index (χ0n) is 17.3. The highest BCUT2D eigenvalue weighted by Crippen LogP contribution is 2.41. The van der Waals surface area contributed by atoms with Gasteiger partial charge in [0.05, 0.1) is 5.54 Å². The van der Waals surface area contributed by atoms with Crippen molar-refractivity contribution in [3.05, 3.63) is 71.1 Å². The molecule has 0 radical (unpaired) electrons. The average molecular weight is 385 g/mol. The molecule has 1 aliphatic carbocycles. The van der Waals surface area contributed by atoms with Crippen LogP contribution in [0.5, 0.6) is 0 Å². The van der Waals surface area contributed by atoms with E-state index in [9.17, 15) is 9.18 Å². The van der Waals surface area contributed by atoms with Crippen LogP contribution in [0.3, 0.4) is 0 Å². The molecule has 3 nitrogen and oxygen atoms in total. The molecule has 0 aromatic heterocycles. The maximum atomic E-state index is 13.9. The van der Waals surface area contributed by atoms with E-state index in [1.807, 2.05) is 12.1 Å². The lowest BCUT2D eigenvalue weighted by Crippen LogP contribution is -2.39. The smallest absolute Gasteiger partial charge is 0.248 e. The van der Waals surface area contributed by atoms with Gasteiger partial charge in [0.25, 0.3) is 0 Å². The molecule has 1 amide bonds. The Hall–Kier alpha value is -2.20. The van der Waals surface area contributed by atoms with E-state index < -0.39 is 11.4 Å². The number of benzene rings is 1. The predicted molar refractivity (Wildman–Crippen MR) is 114 cm³/mol. The second-order valence-corrected chi connectivity index (χ2v) is 8.15. The van der Waals surface area contributed by atoms with E-state index in [1.54, 1.807) is 19.1 Å². The molecule has 1 saturated carbocycles. The molecule has 152 valence electrons. The van der Waals surface area contributed by atoms with Crippen molar-refractivity contribution in [2.24, 2.45) is 23.3 Å². The number of halogens is 1. The number of primary amides is 1. The number of allylic oxidation sites excluding steroid dienone is 1. The molecule has 1 aromatic carbocycles. The summed E-state index contributed by atoms with van der Waals surface area (Å²) in [7, 11) is 0. The van der Waals surface area contributed by atoms with Gasteiger partial charge in [0.1, 0.15) is 5.82 Å². The van der Waals surface area contributed by atoms with Gasteiger partial charge >= 0.3 is 0 Å². The Morgan fingerprint density at radius 2 is 2.07 bits per heavy atom. The molecule has 4 N–H and O–H groups in total. The molecule has 1 aromatic rings. The van der Waals surface area contributed by atoms with Crippen LogP contribution in [0.2, 0.25) is 0 Å². The molecule has 0 bridgehead atoms. The van der Waals surface area contributed by atoms with Crippen molar-refractivity contribution in [2.45, 2.75) is 58.4 Å². The molecule has 1 aliphatic rings. The van der Waals surface area contributed by atoms with Crippen molar-refractivity contribution in [3.8, 4) is 0 Å². The zero-order valence-corrected chi connectivity index (χ0v) is 17.3. The minimum absolute atomic E-state index is 0.231. The summed E-state index contributed by atoms with van der Waals surface area (Å²) in [5.41, 5.74) is 14.2. The maximum Gasteiger partial charge on any atom is 0.248 e. The van der Waals surface area contributed by atoms with Gasteiger partial charge in [-0.25, -0.2) is 4.39 Å². The van der Waals surface area contributed by atoms with Crippen molar-refractivity contribution >= 4 is 5.91 Å². The van der Waals surface area contributed by atoms with Gasteiger partial charge in [-0.05, 0) is 60.4 Å². The van der Waals surface area contributed by atoms with Crippen LogP contribution < -0.4 is 11.5 Å². The minimum Gasteiger partial charge on any atom is -0.366 e. The van der Waals surface area contributed by atoms with Gasteiger partial charge in [-0.2, -0.15) is 0 Å². The van der Waals surface area contributed by atoms with E-state index >= 15 is 0 Å². The molecule has 0 spiro atoms. The fourth-order valence-corrected chi connectivity index (χ4v) is 3.27. The van der Waals surface area contributed by atoms with Crippen molar-refractivity contribution in [2.75, 3.05) is 0 Å². The summed E-state index contributed by atoms with van der Waals surface area (Å²) >= 11 is 0. The van der Waals surface area contributed by atoms with Gasteiger partial charge in [-0.1, -0.05) is 64.0 Å². The molecule has 0 saturated heterocycles. The fraction of sp³-hybridized carbons (Fsp3) is 0.458. The first-order valence-corrected chi connectivity index (χ1v) is 10.1. The topological polar surface area (TPSA) is 69.1 Å². The van der Waals surface area contributed by atoms with Crippen LogP contribution >= 0.6 is 0 Å². The summed E-state index contributed by atoms with van der Waals surface area (Å²) in [6.07, 6.45) is 10.9. The molecule has 28 heavy (non-hydrogen) atoms. The van der Waals surface area contributed by atoms with Crippen LogP contribution in [0.1, 0.15) is 57.1 Å². The van der Waals surface area contributed by atoms with Crippen molar-refractivity contribution < 1.29 is 9.18 Å². The third kappa shape index (κ3) is 5.65. The summed E-state index contributed by atoms with van der Waals surface area (Å²) < 4.78 is 13.9. The third-order valence-electron chi connectivity index (χ3n) is 5.72. The second kappa shape index (κ2) is 9.33. The number of nitrogens with two attached hydrogens (primary N) is 2. The second-order valence-electron chi connectivity index (χ2n) is 8.15. The van der Waals surface area contributed by atoms with Crippen LogP contribution in [0.15, 0.2) is 54.2 Å². The van der Waals surface area contributed by atoms with Gasteiger partial charge in [0, 0.05) is 5.57 Å². The maximum absolute atomic E-state index is 13.9. The van der Waals surface area contributed by atoms with Crippen LogP contribution in [0.25, 0.3) is 0 Å². The molecular formula is C24H33FN2O. The zero-order chi connectivity index (χ0) is 20.9. The van der Waals surface area contributed by atoms with Gasteiger partial charge in [0.15, 0.2) is 0 Å². The molecule has 0 heterocycles. The Kier molecular flexibility index (Phi) is 7.36. The highest BCUT2D eigenvalue weighted by molar-refractivity contribution is 5.94. The molecule has 2 atom stereocenters. The predicted octanol–water partition coefficient (Wildman–Crippen LogP) is 5.05. The lowest BCUT2D eigenvalue weighted by molar-refractivity contribution is -0.114.